The number of nitrogen functional groups attached to an aromatic ring is 2. The third kappa shape index (κ3) is 2.50. The second-order valence-corrected chi connectivity index (χ2v) is 3.03. The largest absolute Gasteiger partial charge is 0.368 e. The summed E-state index contributed by atoms with van der Waals surface area (Å²) in [7, 11) is 0. The molecule has 0 aromatic carbocycles. The van der Waals surface area contributed by atoms with E-state index in [4.69, 9.17) is 11.5 Å². The highest BCUT2D eigenvalue weighted by atomic mass is 15.1. The number of anilines is 2. The summed E-state index contributed by atoms with van der Waals surface area (Å²) in [6.45, 7) is 0. The molecule has 0 aliphatic rings. The van der Waals surface area contributed by atoms with Crippen molar-refractivity contribution >= 4 is 24.0 Å². The van der Waals surface area contributed by atoms with E-state index < -0.39 is 0 Å². The molecule has 0 aliphatic carbocycles. The maximum absolute atomic E-state index is 5.44. The number of hydrogen-bond acceptors (Lipinski definition) is 6. The number of pyridine rings is 1. The van der Waals surface area contributed by atoms with Gasteiger partial charge in [-0.2, -0.15) is 15.0 Å². The molecule has 0 spiro atoms. The number of nitrogens with zero attached hydrogens (tertiary/aromatic N) is 4. The molecule has 6 heteroatoms. The molecule has 0 radical (unpaired) electrons. The SMILES string of the molecule is Nc1nc(N)nc(/C=C/c2cccnc2)n1. The van der Waals surface area contributed by atoms with Crippen LogP contribution in [0.15, 0.2) is 24.5 Å². The van der Waals surface area contributed by atoms with Crippen molar-refractivity contribution in [2.45, 2.75) is 0 Å². The maximum atomic E-state index is 5.44. The summed E-state index contributed by atoms with van der Waals surface area (Å²) in [5.41, 5.74) is 11.8. The summed E-state index contributed by atoms with van der Waals surface area (Å²) in [6.07, 6.45) is 6.95. The smallest absolute Gasteiger partial charge is 0.225 e. The standard InChI is InChI=1S/C10H10N6/c11-9-14-8(15-10(12)16-9)4-3-7-2-1-5-13-6-7/h1-6H,(H4,11,12,14,15,16)/b4-3+. The fourth-order valence-electron chi connectivity index (χ4n) is 1.15. The summed E-state index contributed by atoms with van der Waals surface area (Å²) in [4.78, 5) is 15.5. The molecule has 0 bridgehead atoms. The van der Waals surface area contributed by atoms with Gasteiger partial charge in [-0.1, -0.05) is 6.07 Å². The second-order valence-electron chi connectivity index (χ2n) is 3.03. The van der Waals surface area contributed by atoms with Crippen LogP contribution in [0.25, 0.3) is 12.2 Å². The van der Waals surface area contributed by atoms with Crippen LogP contribution in [0, 0.1) is 0 Å². The van der Waals surface area contributed by atoms with E-state index in [1.54, 1.807) is 18.5 Å². The Kier molecular flexibility index (Phi) is 2.73. The zero-order valence-corrected chi connectivity index (χ0v) is 8.41. The minimum absolute atomic E-state index is 0.110. The lowest BCUT2D eigenvalue weighted by Gasteiger charge is -1.96. The Morgan fingerprint density at radius 2 is 1.75 bits per heavy atom. The first-order valence-electron chi connectivity index (χ1n) is 4.59. The van der Waals surface area contributed by atoms with Crippen LogP contribution in [-0.4, -0.2) is 19.9 Å². The molecule has 0 saturated heterocycles. The van der Waals surface area contributed by atoms with E-state index in [1.165, 1.54) is 0 Å². The van der Waals surface area contributed by atoms with Crippen LogP contribution in [0.5, 0.6) is 0 Å². The van der Waals surface area contributed by atoms with Crippen molar-refractivity contribution in [1.82, 2.24) is 19.9 Å². The highest BCUT2D eigenvalue weighted by Crippen LogP contribution is 2.05. The topological polar surface area (TPSA) is 104 Å². The van der Waals surface area contributed by atoms with Gasteiger partial charge in [-0.05, 0) is 23.8 Å². The third-order valence-electron chi connectivity index (χ3n) is 1.80. The number of hydrogen-bond donors (Lipinski definition) is 2. The van der Waals surface area contributed by atoms with Crippen LogP contribution < -0.4 is 11.5 Å². The van der Waals surface area contributed by atoms with Gasteiger partial charge in [0.1, 0.15) is 0 Å². The van der Waals surface area contributed by atoms with Crippen LogP contribution in [0.4, 0.5) is 11.9 Å². The Morgan fingerprint density at radius 1 is 1.00 bits per heavy atom. The Bertz CT molecular complexity index is 488. The Labute approximate surface area is 92.1 Å². The molecular weight excluding hydrogens is 204 g/mol. The average molecular weight is 214 g/mol. The molecule has 80 valence electrons. The molecule has 0 unspecified atom stereocenters. The van der Waals surface area contributed by atoms with E-state index in [-0.39, 0.29) is 11.9 Å². The first-order chi connectivity index (χ1) is 7.74. The second kappa shape index (κ2) is 4.35. The van der Waals surface area contributed by atoms with Crippen molar-refractivity contribution in [3.05, 3.63) is 35.9 Å². The predicted molar refractivity (Wildman–Crippen MR) is 61.8 cm³/mol. The van der Waals surface area contributed by atoms with Gasteiger partial charge in [-0.3, -0.25) is 4.98 Å². The zero-order chi connectivity index (χ0) is 11.4. The van der Waals surface area contributed by atoms with Gasteiger partial charge in [0.05, 0.1) is 0 Å². The predicted octanol–water partition coefficient (Wildman–Crippen LogP) is 0.601. The van der Waals surface area contributed by atoms with Crippen molar-refractivity contribution in [2.24, 2.45) is 0 Å². The summed E-state index contributed by atoms with van der Waals surface area (Å²) in [5.74, 6) is 0.644. The molecule has 6 nitrogen and oxygen atoms in total. The molecule has 0 atom stereocenters. The van der Waals surface area contributed by atoms with Crippen LogP contribution >= 0.6 is 0 Å². The summed E-state index contributed by atoms with van der Waals surface area (Å²) in [5, 5.41) is 0. The fourth-order valence-corrected chi connectivity index (χ4v) is 1.15. The van der Waals surface area contributed by atoms with E-state index in [1.807, 2.05) is 18.2 Å². The van der Waals surface area contributed by atoms with Crippen LogP contribution in [0.2, 0.25) is 0 Å². The minimum atomic E-state index is 0.110. The van der Waals surface area contributed by atoms with Gasteiger partial charge in [0.15, 0.2) is 5.82 Å². The van der Waals surface area contributed by atoms with Gasteiger partial charge in [0.25, 0.3) is 0 Å². The quantitative estimate of drug-likeness (QED) is 0.758. The lowest BCUT2D eigenvalue weighted by atomic mass is 10.2. The van der Waals surface area contributed by atoms with Gasteiger partial charge >= 0.3 is 0 Å². The summed E-state index contributed by atoms with van der Waals surface area (Å²) >= 11 is 0. The van der Waals surface area contributed by atoms with Crippen molar-refractivity contribution in [3.8, 4) is 0 Å². The molecule has 2 aromatic rings. The van der Waals surface area contributed by atoms with Gasteiger partial charge in [0, 0.05) is 12.4 Å². The van der Waals surface area contributed by atoms with Crippen molar-refractivity contribution in [3.63, 3.8) is 0 Å². The maximum Gasteiger partial charge on any atom is 0.225 e. The van der Waals surface area contributed by atoms with Gasteiger partial charge in [-0.15, -0.1) is 0 Å². The number of aromatic nitrogens is 4. The molecule has 0 amide bonds. The van der Waals surface area contributed by atoms with E-state index in [9.17, 15) is 0 Å². The molecule has 0 aliphatic heterocycles. The highest BCUT2D eigenvalue weighted by molar-refractivity contribution is 5.66. The van der Waals surface area contributed by atoms with Crippen molar-refractivity contribution in [2.75, 3.05) is 11.5 Å². The van der Waals surface area contributed by atoms with Gasteiger partial charge < -0.3 is 11.5 Å². The zero-order valence-electron chi connectivity index (χ0n) is 8.41. The Balaban J connectivity index is 2.24. The van der Waals surface area contributed by atoms with Gasteiger partial charge in [-0.25, -0.2) is 0 Å². The third-order valence-corrected chi connectivity index (χ3v) is 1.80. The Morgan fingerprint density at radius 3 is 2.38 bits per heavy atom. The van der Waals surface area contributed by atoms with E-state index in [2.05, 4.69) is 19.9 Å². The first-order valence-corrected chi connectivity index (χ1v) is 4.59. The monoisotopic (exact) mass is 214 g/mol. The highest BCUT2D eigenvalue weighted by Gasteiger charge is 1.97. The molecule has 2 rings (SSSR count). The summed E-state index contributed by atoms with van der Waals surface area (Å²) < 4.78 is 0. The number of rotatable bonds is 2. The molecule has 4 N–H and O–H groups in total. The lowest BCUT2D eigenvalue weighted by Crippen LogP contribution is -2.03. The molecule has 0 saturated carbocycles. The van der Waals surface area contributed by atoms with Crippen LogP contribution in [0.3, 0.4) is 0 Å². The molecule has 2 aromatic heterocycles. The lowest BCUT2D eigenvalue weighted by molar-refractivity contribution is 1.06. The molecule has 2 heterocycles. The first kappa shape index (κ1) is 10.0. The molecule has 16 heavy (non-hydrogen) atoms. The van der Waals surface area contributed by atoms with E-state index in [0.717, 1.165) is 5.56 Å². The van der Waals surface area contributed by atoms with E-state index in [0.29, 0.717) is 5.82 Å². The summed E-state index contributed by atoms with van der Waals surface area (Å²) in [6, 6.07) is 3.76. The minimum Gasteiger partial charge on any atom is -0.368 e. The van der Waals surface area contributed by atoms with Gasteiger partial charge in [0.2, 0.25) is 11.9 Å². The van der Waals surface area contributed by atoms with Crippen LogP contribution in [-0.2, 0) is 0 Å². The van der Waals surface area contributed by atoms with Crippen molar-refractivity contribution in [1.29, 1.82) is 0 Å². The Hall–Kier alpha value is -2.50. The van der Waals surface area contributed by atoms with E-state index >= 15 is 0 Å². The van der Waals surface area contributed by atoms with Crippen LogP contribution in [0.1, 0.15) is 11.4 Å². The normalized spacial score (nSPS) is 10.8. The fraction of sp³-hybridized carbons (Fsp3) is 0. The van der Waals surface area contributed by atoms with Crippen molar-refractivity contribution < 1.29 is 0 Å². The molecule has 0 fully saturated rings. The molecular formula is C10H10N6. The average Bonchev–Trinajstić information content (AvgIpc) is 2.27. The number of nitrogens with two attached hydrogens (primary N) is 2.